The van der Waals surface area contributed by atoms with Gasteiger partial charge in [0, 0.05) is 13.1 Å². The number of benzene rings is 1. The van der Waals surface area contributed by atoms with Crippen LogP contribution in [0.3, 0.4) is 0 Å². The summed E-state index contributed by atoms with van der Waals surface area (Å²) in [6.07, 6.45) is 4.40. The molecule has 3 N–H and O–H groups in total. The summed E-state index contributed by atoms with van der Waals surface area (Å²) in [5, 5.41) is 4.17. The largest absolute Gasteiger partial charge is 0.375 e. The van der Waals surface area contributed by atoms with E-state index in [9.17, 15) is 0 Å². The van der Waals surface area contributed by atoms with Crippen LogP contribution in [-0.4, -0.2) is 29.3 Å². The number of hydrogen-bond acceptors (Lipinski definition) is 3. The monoisotopic (exact) mass is 290 g/mol. The average Bonchev–Trinajstić information content (AvgIpc) is 2.39. The zero-order valence-corrected chi connectivity index (χ0v) is 12.7. The molecule has 1 aliphatic rings. The minimum atomic E-state index is 0.180. The van der Waals surface area contributed by atoms with Gasteiger partial charge >= 0.3 is 0 Å². The molecular formula is C15H22N4S. The number of hydrazone groups is 1. The topological polar surface area (TPSA) is 53.6 Å². The van der Waals surface area contributed by atoms with Gasteiger partial charge in [-0.3, -0.25) is 10.3 Å². The van der Waals surface area contributed by atoms with E-state index in [0.717, 1.165) is 18.0 Å². The fraction of sp³-hybridized carbons (Fsp3) is 0.467. The highest BCUT2D eigenvalue weighted by molar-refractivity contribution is 7.80. The lowest BCUT2D eigenvalue weighted by atomic mass is 9.99. The normalized spacial score (nSPS) is 20.1. The fourth-order valence-electron chi connectivity index (χ4n) is 2.63. The van der Waals surface area contributed by atoms with Crippen LogP contribution in [0.5, 0.6) is 0 Å². The Morgan fingerprint density at radius 1 is 1.60 bits per heavy atom. The molecule has 1 fully saturated rings. The molecule has 0 saturated carbocycles. The highest BCUT2D eigenvalue weighted by atomic mass is 32.1. The fourth-order valence-corrected chi connectivity index (χ4v) is 2.68. The van der Waals surface area contributed by atoms with Gasteiger partial charge < -0.3 is 5.73 Å². The minimum absolute atomic E-state index is 0.180. The SMILES string of the molecule is CC1CCCN(Cc2cccc(C=NNC(N)=S)c2)C1. The van der Waals surface area contributed by atoms with Crippen LogP contribution in [0, 0.1) is 5.92 Å². The molecule has 0 bridgehead atoms. The second-order valence-electron chi connectivity index (χ2n) is 5.46. The van der Waals surface area contributed by atoms with E-state index >= 15 is 0 Å². The summed E-state index contributed by atoms with van der Waals surface area (Å²) in [5.74, 6) is 0.809. The minimum Gasteiger partial charge on any atom is -0.375 e. The zero-order chi connectivity index (χ0) is 14.4. The molecule has 1 aromatic carbocycles. The molecule has 1 saturated heterocycles. The molecule has 20 heavy (non-hydrogen) atoms. The van der Waals surface area contributed by atoms with E-state index in [2.05, 4.69) is 40.5 Å². The van der Waals surface area contributed by atoms with E-state index in [4.69, 9.17) is 18.0 Å². The van der Waals surface area contributed by atoms with Gasteiger partial charge in [-0.2, -0.15) is 5.10 Å². The molecule has 1 aliphatic heterocycles. The zero-order valence-electron chi connectivity index (χ0n) is 11.9. The van der Waals surface area contributed by atoms with Crippen LogP contribution in [0.1, 0.15) is 30.9 Å². The predicted molar refractivity (Wildman–Crippen MR) is 87.6 cm³/mol. The molecular weight excluding hydrogens is 268 g/mol. The van der Waals surface area contributed by atoms with E-state index in [-0.39, 0.29) is 5.11 Å². The van der Waals surface area contributed by atoms with Crippen LogP contribution < -0.4 is 11.2 Å². The Morgan fingerprint density at radius 2 is 2.45 bits per heavy atom. The van der Waals surface area contributed by atoms with Gasteiger partial charge in [-0.25, -0.2) is 0 Å². The van der Waals surface area contributed by atoms with Crippen molar-refractivity contribution in [1.82, 2.24) is 10.3 Å². The Bertz CT molecular complexity index is 487. The third-order valence-electron chi connectivity index (χ3n) is 3.49. The maximum atomic E-state index is 5.32. The number of likely N-dealkylation sites (tertiary alicyclic amines) is 1. The Hall–Kier alpha value is -1.46. The molecule has 0 amide bonds. The van der Waals surface area contributed by atoms with Gasteiger partial charge in [0.05, 0.1) is 6.21 Å². The molecule has 1 heterocycles. The van der Waals surface area contributed by atoms with Crippen molar-refractivity contribution < 1.29 is 0 Å². The average molecular weight is 290 g/mol. The van der Waals surface area contributed by atoms with Crippen LogP contribution >= 0.6 is 12.2 Å². The molecule has 0 spiro atoms. The summed E-state index contributed by atoms with van der Waals surface area (Å²) >= 11 is 4.70. The first-order chi connectivity index (χ1) is 9.63. The molecule has 1 aromatic rings. The van der Waals surface area contributed by atoms with Gasteiger partial charge in [0.1, 0.15) is 0 Å². The highest BCUT2D eigenvalue weighted by Gasteiger charge is 2.16. The second-order valence-corrected chi connectivity index (χ2v) is 5.90. The summed E-state index contributed by atoms with van der Waals surface area (Å²) in [6.45, 7) is 5.73. The Balaban J connectivity index is 1.95. The van der Waals surface area contributed by atoms with Crippen molar-refractivity contribution in [2.75, 3.05) is 13.1 Å². The lowest BCUT2D eigenvalue weighted by Gasteiger charge is -2.30. The van der Waals surface area contributed by atoms with Gasteiger partial charge in [-0.05, 0) is 54.7 Å². The number of nitrogens with two attached hydrogens (primary N) is 1. The lowest BCUT2D eigenvalue weighted by Crippen LogP contribution is -2.33. The lowest BCUT2D eigenvalue weighted by molar-refractivity contribution is 0.176. The third kappa shape index (κ3) is 4.90. The molecule has 0 radical (unpaired) electrons. The number of rotatable bonds is 4. The number of nitrogens with zero attached hydrogens (tertiary/aromatic N) is 2. The summed E-state index contributed by atoms with van der Waals surface area (Å²) in [6, 6.07) is 8.40. The maximum absolute atomic E-state index is 5.32. The van der Waals surface area contributed by atoms with Crippen LogP contribution in [0.15, 0.2) is 29.4 Å². The number of hydrogen-bond donors (Lipinski definition) is 2. The van der Waals surface area contributed by atoms with E-state index in [1.807, 2.05) is 6.07 Å². The first kappa shape index (κ1) is 14.9. The van der Waals surface area contributed by atoms with E-state index in [0.29, 0.717) is 0 Å². The van der Waals surface area contributed by atoms with Crippen molar-refractivity contribution in [2.24, 2.45) is 16.8 Å². The van der Waals surface area contributed by atoms with Crippen LogP contribution in [0.25, 0.3) is 0 Å². The van der Waals surface area contributed by atoms with Crippen LogP contribution in [-0.2, 0) is 6.54 Å². The van der Waals surface area contributed by atoms with E-state index < -0.39 is 0 Å². The quantitative estimate of drug-likeness (QED) is 0.506. The highest BCUT2D eigenvalue weighted by Crippen LogP contribution is 2.18. The van der Waals surface area contributed by atoms with Crippen molar-refractivity contribution in [2.45, 2.75) is 26.3 Å². The summed E-state index contributed by atoms with van der Waals surface area (Å²) < 4.78 is 0. The predicted octanol–water partition coefficient (Wildman–Crippen LogP) is 2.09. The summed E-state index contributed by atoms with van der Waals surface area (Å²) in [4.78, 5) is 2.53. The van der Waals surface area contributed by atoms with Crippen molar-refractivity contribution in [3.8, 4) is 0 Å². The standard InChI is InChI=1S/C15H22N4S/c1-12-4-3-7-19(10-12)11-14-6-2-5-13(8-14)9-17-18-15(16)20/h2,5-6,8-9,12H,3-4,7,10-11H2,1H3,(H3,16,18,20). The van der Waals surface area contributed by atoms with Gasteiger partial charge in [0.25, 0.3) is 0 Å². The van der Waals surface area contributed by atoms with Gasteiger partial charge in [0.2, 0.25) is 0 Å². The number of thiocarbonyl (C=S) groups is 1. The molecule has 0 aromatic heterocycles. The number of piperidine rings is 1. The maximum Gasteiger partial charge on any atom is 0.184 e. The van der Waals surface area contributed by atoms with Gasteiger partial charge in [0.15, 0.2) is 5.11 Å². The summed E-state index contributed by atoms with van der Waals surface area (Å²) in [5.41, 5.74) is 10.3. The molecule has 108 valence electrons. The molecule has 1 unspecified atom stereocenters. The molecule has 1 atom stereocenters. The Kier molecular flexibility index (Phi) is 5.49. The molecule has 0 aliphatic carbocycles. The molecule has 5 heteroatoms. The number of nitrogens with one attached hydrogen (secondary N) is 1. The first-order valence-corrected chi connectivity index (χ1v) is 7.44. The van der Waals surface area contributed by atoms with Crippen molar-refractivity contribution in [1.29, 1.82) is 0 Å². The van der Waals surface area contributed by atoms with Gasteiger partial charge in [-0.1, -0.05) is 25.1 Å². The van der Waals surface area contributed by atoms with Gasteiger partial charge in [-0.15, -0.1) is 0 Å². The Morgan fingerprint density at radius 3 is 3.20 bits per heavy atom. The third-order valence-corrected chi connectivity index (χ3v) is 3.58. The van der Waals surface area contributed by atoms with Crippen molar-refractivity contribution in [3.63, 3.8) is 0 Å². The molecule has 4 nitrogen and oxygen atoms in total. The van der Waals surface area contributed by atoms with E-state index in [1.54, 1.807) is 6.21 Å². The second kappa shape index (κ2) is 7.36. The first-order valence-electron chi connectivity index (χ1n) is 7.03. The van der Waals surface area contributed by atoms with E-state index in [1.165, 1.54) is 31.5 Å². The van der Waals surface area contributed by atoms with Crippen molar-refractivity contribution >= 4 is 23.5 Å². The smallest absolute Gasteiger partial charge is 0.184 e. The summed E-state index contributed by atoms with van der Waals surface area (Å²) in [7, 11) is 0. The van der Waals surface area contributed by atoms with Crippen LogP contribution in [0.4, 0.5) is 0 Å². The van der Waals surface area contributed by atoms with Crippen molar-refractivity contribution in [3.05, 3.63) is 35.4 Å². The Labute approximate surface area is 126 Å². The van der Waals surface area contributed by atoms with Crippen LogP contribution in [0.2, 0.25) is 0 Å². The molecule has 2 rings (SSSR count).